The Bertz CT molecular complexity index is 731. The maximum atomic E-state index is 12.2. The number of aromatic hydroxyl groups is 1. The minimum atomic E-state index is -1.15. The van der Waals surface area contributed by atoms with Gasteiger partial charge in [0.2, 0.25) is 0 Å². The van der Waals surface area contributed by atoms with Crippen molar-refractivity contribution < 1.29 is 19.8 Å². The summed E-state index contributed by atoms with van der Waals surface area (Å²) in [5, 5.41) is 21.1. The molecule has 2 rings (SSSR count). The third-order valence-corrected chi connectivity index (χ3v) is 3.85. The van der Waals surface area contributed by atoms with Gasteiger partial charge in [0.25, 0.3) is 5.91 Å². The minimum Gasteiger partial charge on any atom is -0.506 e. The van der Waals surface area contributed by atoms with Gasteiger partial charge in [-0.1, -0.05) is 15.9 Å². The van der Waals surface area contributed by atoms with Crippen molar-refractivity contribution in [3.8, 4) is 5.75 Å². The topological polar surface area (TPSA) is 86.6 Å². The van der Waals surface area contributed by atoms with Crippen LogP contribution in [0.2, 0.25) is 0 Å². The fraction of sp³-hybridized carbons (Fsp3) is 0. The van der Waals surface area contributed by atoms with Crippen molar-refractivity contribution in [3.63, 3.8) is 0 Å². The van der Waals surface area contributed by atoms with Crippen molar-refractivity contribution >= 4 is 49.4 Å². The van der Waals surface area contributed by atoms with E-state index >= 15 is 0 Å². The lowest BCUT2D eigenvalue weighted by Gasteiger charge is -2.09. The lowest BCUT2D eigenvalue weighted by Crippen LogP contribution is -2.13. The van der Waals surface area contributed by atoms with Gasteiger partial charge in [-0.15, -0.1) is 0 Å². The van der Waals surface area contributed by atoms with E-state index < -0.39 is 11.9 Å². The maximum absolute atomic E-state index is 12.2. The minimum absolute atomic E-state index is 0.0610. The van der Waals surface area contributed by atoms with Gasteiger partial charge in [-0.05, 0) is 52.3 Å². The molecule has 0 fully saturated rings. The molecule has 0 atom stereocenters. The van der Waals surface area contributed by atoms with Crippen LogP contribution in [0.4, 0.5) is 5.69 Å². The molecule has 0 aromatic heterocycles. The van der Waals surface area contributed by atoms with Crippen LogP contribution in [0.15, 0.2) is 45.3 Å². The lowest BCUT2D eigenvalue weighted by atomic mass is 10.1. The highest BCUT2D eigenvalue weighted by Gasteiger charge is 2.14. The standard InChI is InChI=1S/C14H9Br2NO4/c15-8-2-3-10(16)9(6-8)13(19)17-11-4-1-7(14(20)21)5-12(11)18/h1-6,18H,(H,17,19)(H,20,21). The number of aromatic carboxylic acids is 1. The summed E-state index contributed by atoms with van der Waals surface area (Å²) in [5.41, 5.74) is 0.456. The molecule has 0 spiro atoms. The van der Waals surface area contributed by atoms with E-state index in [9.17, 15) is 14.7 Å². The number of carboxylic acids is 1. The largest absolute Gasteiger partial charge is 0.506 e. The molecule has 2 aromatic rings. The number of phenolic OH excluding ortho intramolecular Hbond substituents is 1. The molecule has 0 bridgehead atoms. The van der Waals surface area contributed by atoms with E-state index in [0.29, 0.717) is 10.0 Å². The molecule has 0 aliphatic carbocycles. The first kappa shape index (κ1) is 15.5. The predicted octanol–water partition coefficient (Wildman–Crippen LogP) is 3.87. The number of carbonyl (C=O) groups excluding carboxylic acids is 1. The molecule has 0 saturated heterocycles. The fourth-order valence-corrected chi connectivity index (χ4v) is 2.42. The normalized spacial score (nSPS) is 10.2. The van der Waals surface area contributed by atoms with Gasteiger partial charge in [0.1, 0.15) is 5.75 Å². The average Bonchev–Trinajstić information content (AvgIpc) is 2.43. The molecule has 5 nitrogen and oxygen atoms in total. The van der Waals surface area contributed by atoms with E-state index in [-0.39, 0.29) is 17.0 Å². The highest BCUT2D eigenvalue weighted by atomic mass is 79.9. The molecule has 0 heterocycles. The lowest BCUT2D eigenvalue weighted by molar-refractivity contribution is 0.0696. The van der Waals surface area contributed by atoms with Crippen molar-refractivity contribution in [2.24, 2.45) is 0 Å². The highest BCUT2D eigenvalue weighted by Crippen LogP contribution is 2.27. The zero-order chi connectivity index (χ0) is 15.6. The summed E-state index contributed by atoms with van der Waals surface area (Å²) >= 11 is 6.55. The second-order valence-corrected chi connectivity index (χ2v) is 5.89. The van der Waals surface area contributed by atoms with Gasteiger partial charge < -0.3 is 15.5 Å². The summed E-state index contributed by atoms with van der Waals surface area (Å²) in [6.45, 7) is 0. The van der Waals surface area contributed by atoms with E-state index in [4.69, 9.17) is 5.11 Å². The van der Waals surface area contributed by atoms with Gasteiger partial charge >= 0.3 is 5.97 Å². The first-order valence-corrected chi connectivity index (χ1v) is 7.30. The molecular weight excluding hydrogens is 406 g/mol. The Morgan fingerprint density at radius 3 is 2.38 bits per heavy atom. The molecule has 7 heteroatoms. The van der Waals surface area contributed by atoms with Crippen molar-refractivity contribution in [2.45, 2.75) is 0 Å². The first-order valence-electron chi connectivity index (χ1n) is 5.71. The molecule has 108 valence electrons. The van der Waals surface area contributed by atoms with Crippen LogP contribution in [0.25, 0.3) is 0 Å². The van der Waals surface area contributed by atoms with E-state index in [1.165, 1.54) is 12.1 Å². The Morgan fingerprint density at radius 1 is 1.05 bits per heavy atom. The van der Waals surface area contributed by atoms with Gasteiger partial charge in [-0.3, -0.25) is 4.79 Å². The summed E-state index contributed by atoms with van der Waals surface area (Å²) in [5.74, 6) is -1.89. The van der Waals surface area contributed by atoms with E-state index in [1.54, 1.807) is 18.2 Å². The van der Waals surface area contributed by atoms with Crippen molar-refractivity contribution in [1.82, 2.24) is 0 Å². The van der Waals surface area contributed by atoms with Crippen molar-refractivity contribution in [3.05, 3.63) is 56.5 Å². The number of halogens is 2. The number of carboxylic acid groups (broad SMARTS) is 1. The van der Waals surface area contributed by atoms with Crippen LogP contribution >= 0.6 is 31.9 Å². The maximum Gasteiger partial charge on any atom is 0.335 e. The predicted molar refractivity (Wildman–Crippen MR) is 84.9 cm³/mol. The third kappa shape index (κ3) is 3.62. The molecule has 1 amide bonds. The molecule has 21 heavy (non-hydrogen) atoms. The van der Waals surface area contributed by atoms with Crippen LogP contribution in [0.1, 0.15) is 20.7 Å². The first-order chi connectivity index (χ1) is 9.88. The fourth-order valence-electron chi connectivity index (χ4n) is 1.63. The third-order valence-electron chi connectivity index (χ3n) is 2.67. The molecule has 3 N–H and O–H groups in total. The molecule has 0 saturated carbocycles. The van der Waals surface area contributed by atoms with Gasteiger partial charge in [-0.2, -0.15) is 0 Å². The summed E-state index contributed by atoms with van der Waals surface area (Å²) < 4.78 is 1.34. The number of hydrogen-bond donors (Lipinski definition) is 3. The van der Waals surface area contributed by atoms with Crippen LogP contribution in [0.3, 0.4) is 0 Å². The molecular formula is C14H9Br2NO4. The smallest absolute Gasteiger partial charge is 0.335 e. The zero-order valence-electron chi connectivity index (χ0n) is 10.4. The quantitative estimate of drug-likeness (QED) is 0.665. The molecule has 0 aliphatic heterocycles. The van der Waals surface area contributed by atoms with Crippen LogP contribution in [0.5, 0.6) is 5.75 Å². The molecule has 0 unspecified atom stereocenters. The number of benzene rings is 2. The average molecular weight is 415 g/mol. The van der Waals surface area contributed by atoms with Gasteiger partial charge in [0.15, 0.2) is 0 Å². The van der Waals surface area contributed by atoms with Crippen LogP contribution in [-0.2, 0) is 0 Å². The van der Waals surface area contributed by atoms with Gasteiger partial charge in [0.05, 0.1) is 16.8 Å². The monoisotopic (exact) mass is 413 g/mol. The van der Waals surface area contributed by atoms with E-state index in [2.05, 4.69) is 37.2 Å². The highest BCUT2D eigenvalue weighted by molar-refractivity contribution is 9.11. The summed E-state index contributed by atoms with van der Waals surface area (Å²) in [6.07, 6.45) is 0. The van der Waals surface area contributed by atoms with E-state index in [1.807, 2.05) is 0 Å². The zero-order valence-corrected chi connectivity index (χ0v) is 13.6. The summed E-state index contributed by atoms with van der Waals surface area (Å²) in [7, 11) is 0. The molecule has 0 radical (unpaired) electrons. The number of hydrogen-bond acceptors (Lipinski definition) is 3. The van der Waals surface area contributed by atoms with Crippen LogP contribution in [-0.4, -0.2) is 22.1 Å². The Labute approximate surface area is 136 Å². The van der Waals surface area contributed by atoms with Gasteiger partial charge in [-0.25, -0.2) is 4.79 Å². The Morgan fingerprint density at radius 2 is 1.76 bits per heavy atom. The number of rotatable bonds is 3. The number of nitrogens with one attached hydrogen (secondary N) is 1. The summed E-state index contributed by atoms with van der Waals surface area (Å²) in [4.78, 5) is 22.9. The second kappa shape index (κ2) is 6.28. The van der Waals surface area contributed by atoms with Crippen molar-refractivity contribution in [2.75, 3.05) is 5.32 Å². The number of phenols is 1. The summed E-state index contributed by atoms with van der Waals surface area (Å²) in [6, 6.07) is 8.83. The molecule has 0 aliphatic rings. The van der Waals surface area contributed by atoms with Crippen LogP contribution in [0, 0.1) is 0 Å². The Hall–Kier alpha value is -1.86. The second-order valence-electron chi connectivity index (χ2n) is 4.12. The number of amides is 1. The SMILES string of the molecule is O=C(O)c1ccc(NC(=O)c2cc(Br)ccc2Br)c(O)c1. The molecule has 2 aromatic carbocycles. The Kier molecular flexibility index (Phi) is 4.64. The van der Waals surface area contributed by atoms with Crippen LogP contribution < -0.4 is 5.32 Å². The van der Waals surface area contributed by atoms with Crippen molar-refractivity contribution in [1.29, 1.82) is 0 Å². The number of carbonyl (C=O) groups is 2. The van der Waals surface area contributed by atoms with Gasteiger partial charge in [0, 0.05) is 8.95 Å². The number of anilines is 1. The van der Waals surface area contributed by atoms with E-state index in [0.717, 1.165) is 10.5 Å². The Balaban J connectivity index is 2.27.